The second-order valence-corrected chi connectivity index (χ2v) is 8.53. The Morgan fingerprint density at radius 2 is 2.04 bits per heavy atom. The summed E-state index contributed by atoms with van der Waals surface area (Å²) < 4.78 is 0. The molecule has 0 spiro atoms. The van der Waals surface area contributed by atoms with Gasteiger partial charge in [-0.3, -0.25) is 4.99 Å². The van der Waals surface area contributed by atoms with Gasteiger partial charge in [-0.15, -0.1) is 34.4 Å². The van der Waals surface area contributed by atoms with Gasteiger partial charge in [0.15, 0.2) is 11.1 Å². The molecule has 1 aromatic carbocycles. The molecule has 2 N–H and O–H groups in total. The number of anilines is 1. The van der Waals surface area contributed by atoms with Gasteiger partial charge in [-0.05, 0) is 24.8 Å². The number of aliphatic imine (C=N–C) groups is 1. The van der Waals surface area contributed by atoms with E-state index in [1.165, 1.54) is 0 Å². The number of aromatic nitrogens is 2. The van der Waals surface area contributed by atoms with Crippen LogP contribution in [-0.4, -0.2) is 35.3 Å². The van der Waals surface area contributed by atoms with Crippen molar-refractivity contribution in [2.75, 3.05) is 24.7 Å². The maximum atomic E-state index is 6.32. The van der Waals surface area contributed by atoms with Gasteiger partial charge >= 0.3 is 0 Å². The molecular formula is C17H16ClN5S3. The van der Waals surface area contributed by atoms with Gasteiger partial charge in [0.25, 0.3) is 0 Å². The minimum atomic E-state index is 0.757. The molecule has 2 aromatic heterocycles. The van der Waals surface area contributed by atoms with Crippen LogP contribution in [0.4, 0.5) is 5.13 Å². The van der Waals surface area contributed by atoms with Gasteiger partial charge in [-0.25, -0.2) is 9.97 Å². The standard InChI is InChI=1S/C17H16ClN5S3/c1-24-14-4-3-10(7-11(14)18)15-21-12(8-25-15)13-9-26-17(22-13)23-16-19-5-2-6-20-16/h3-4,7-9H,2,5-6H2,1H3,(H2,19,20,22,23). The summed E-state index contributed by atoms with van der Waals surface area (Å²) in [6.45, 7) is 1.79. The Balaban J connectivity index is 1.53. The predicted octanol–water partition coefficient (Wildman–Crippen LogP) is 5.07. The molecule has 9 heteroatoms. The van der Waals surface area contributed by atoms with E-state index < -0.39 is 0 Å². The Bertz CT molecular complexity index is 950. The summed E-state index contributed by atoms with van der Waals surface area (Å²) in [5.41, 5.74) is 2.76. The van der Waals surface area contributed by atoms with Crippen LogP contribution in [0.25, 0.3) is 22.0 Å². The van der Waals surface area contributed by atoms with Crippen LogP contribution < -0.4 is 10.6 Å². The summed E-state index contributed by atoms with van der Waals surface area (Å²) in [4.78, 5) is 14.8. The van der Waals surface area contributed by atoms with Crippen molar-refractivity contribution in [2.24, 2.45) is 4.99 Å². The smallest absolute Gasteiger partial charge is 0.197 e. The number of hydrogen-bond acceptors (Lipinski definition) is 8. The van der Waals surface area contributed by atoms with Gasteiger partial charge in [-0.2, -0.15) is 0 Å². The van der Waals surface area contributed by atoms with E-state index in [1.54, 1.807) is 34.4 Å². The summed E-state index contributed by atoms with van der Waals surface area (Å²) in [7, 11) is 0. The Hall–Kier alpha value is -1.61. The monoisotopic (exact) mass is 421 g/mol. The van der Waals surface area contributed by atoms with Crippen LogP contribution in [0.1, 0.15) is 6.42 Å². The highest BCUT2D eigenvalue weighted by Gasteiger charge is 2.13. The second kappa shape index (κ2) is 7.96. The molecule has 0 amide bonds. The molecule has 3 aromatic rings. The number of hydrogen-bond donors (Lipinski definition) is 2. The molecule has 0 saturated heterocycles. The lowest BCUT2D eigenvalue weighted by atomic mass is 10.2. The number of nitrogens with one attached hydrogen (secondary N) is 2. The zero-order valence-electron chi connectivity index (χ0n) is 14.0. The minimum absolute atomic E-state index is 0.757. The van der Waals surface area contributed by atoms with E-state index in [1.807, 2.05) is 29.1 Å². The highest BCUT2D eigenvalue weighted by Crippen LogP contribution is 2.34. The van der Waals surface area contributed by atoms with Gasteiger partial charge in [0.05, 0.1) is 5.02 Å². The van der Waals surface area contributed by atoms with Gasteiger partial charge < -0.3 is 10.6 Å². The lowest BCUT2D eigenvalue weighted by molar-refractivity contribution is 0.740. The fraction of sp³-hybridized carbons (Fsp3) is 0.235. The average Bonchev–Trinajstić information content (AvgIpc) is 3.32. The maximum absolute atomic E-state index is 6.32. The predicted molar refractivity (Wildman–Crippen MR) is 114 cm³/mol. The molecule has 0 aliphatic carbocycles. The van der Waals surface area contributed by atoms with Crippen molar-refractivity contribution >= 4 is 57.1 Å². The molecule has 4 rings (SSSR count). The van der Waals surface area contributed by atoms with E-state index >= 15 is 0 Å². The average molecular weight is 422 g/mol. The first-order chi connectivity index (χ1) is 12.7. The van der Waals surface area contributed by atoms with Crippen LogP contribution in [0.2, 0.25) is 5.02 Å². The SMILES string of the molecule is CSc1ccc(-c2nc(-c3csc(NC4=NCCCN4)n3)cs2)cc1Cl. The van der Waals surface area contributed by atoms with Crippen LogP contribution >= 0.6 is 46.0 Å². The van der Waals surface area contributed by atoms with Crippen molar-refractivity contribution in [3.63, 3.8) is 0 Å². The first-order valence-electron chi connectivity index (χ1n) is 8.03. The molecule has 0 unspecified atom stereocenters. The van der Waals surface area contributed by atoms with Crippen molar-refractivity contribution in [2.45, 2.75) is 11.3 Å². The number of nitrogens with zero attached hydrogens (tertiary/aromatic N) is 3. The van der Waals surface area contributed by atoms with Crippen LogP contribution in [0, 0.1) is 0 Å². The van der Waals surface area contributed by atoms with E-state index in [-0.39, 0.29) is 0 Å². The van der Waals surface area contributed by atoms with Crippen molar-refractivity contribution < 1.29 is 0 Å². The van der Waals surface area contributed by atoms with Crippen molar-refractivity contribution in [1.82, 2.24) is 15.3 Å². The molecular weight excluding hydrogens is 406 g/mol. The third kappa shape index (κ3) is 3.88. The quantitative estimate of drug-likeness (QED) is 0.576. The van der Waals surface area contributed by atoms with Crippen LogP contribution in [0.5, 0.6) is 0 Å². The topological polar surface area (TPSA) is 62.2 Å². The number of benzene rings is 1. The third-order valence-electron chi connectivity index (χ3n) is 3.79. The normalized spacial score (nSPS) is 14.0. The van der Waals surface area contributed by atoms with E-state index in [2.05, 4.69) is 26.7 Å². The van der Waals surface area contributed by atoms with Gasteiger partial charge in [-0.1, -0.05) is 17.7 Å². The highest BCUT2D eigenvalue weighted by atomic mass is 35.5. The molecule has 26 heavy (non-hydrogen) atoms. The van der Waals surface area contributed by atoms with Crippen LogP contribution in [0.15, 0.2) is 38.8 Å². The molecule has 5 nitrogen and oxygen atoms in total. The molecule has 1 aliphatic rings. The van der Waals surface area contributed by atoms with Gasteiger partial charge in [0, 0.05) is 34.3 Å². The zero-order chi connectivity index (χ0) is 17.9. The van der Waals surface area contributed by atoms with Crippen LogP contribution in [-0.2, 0) is 0 Å². The molecule has 0 radical (unpaired) electrons. The van der Waals surface area contributed by atoms with Crippen molar-refractivity contribution in [1.29, 1.82) is 0 Å². The number of guanidine groups is 1. The van der Waals surface area contributed by atoms with Crippen molar-refractivity contribution in [3.8, 4) is 22.0 Å². The summed E-state index contributed by atoms with van der Waals surface area (Å²) >= 11 is 11.1. The summed E-state index contributed by atoms with van der Waals surface area (Å²) in [5.74, 6) is 0.791. The number of rotatable bonds is 4. The molecule has 0 saturated carbocycles. The Morgan fingerprint density at radius 1 is 1.19 bits per heavy atom. The molecule has 0 fully saturated rings. The highest BCUT2D eigenvalue weighted by molar-refractivity contribution is 7.98. The maximum Gasteiger partial charge on any atom is 0.197 e. The Morgan fingerprint density at radius 3 is 2.81 bits per heavy atom. The molecule has 0 bridgehead atoms. The third-order valence-corrected chi connectivity index (χ3v) is 6.66. The number of halogens is 1. The second-order valence-electron chi connectivity index (χ2n) is 5.56. The first-order valence-corrected chi connectivity index (χ1v) is 11.4. The Kier molecular flexibility index (Phi) is 5.44. The lowest BCUT2D eigenvalue weighted by Gasteiger charge is -2.13. The number of thioether (sulfide) groups is 1. The van der Waals surface area contributed by atoms with Gasteiger partial charge in [0.1, 0.15) is 16.4 Å². The minimum Gasteiger partial charge on any atom is -0.356 e. The molecule has 0 atom stereocenters. The fourth-order valence-corrected chi connectivity index (χ4v) is 4.87. The largest absolute Gasteiger partial charge is 0.356 e. The first kappa shape index (κ1) is 17.8. The summed E-state index contributed by atoms with van der Waals surface area (Å²) in [6, 6.07) is 6.06. The van der Waals surface area contributed by atoms with Crippen LogP contribution in [0.3, 0.4) is 0 Å². The van der Waals surface area contributed by atoms with E-state index in [9.17, 15) is 0 Å². The molecule has 1 aliphatic heterocycles. The summed E-state index contributed by atoms with van der Waals surface area (Å²) in [5, 5.41) is 13.0. The van der Waals surface area contributed by atoms with E-state index in [0.29, 0.717) is 0 Å². The fourth-order valence-electron chi connectivity index (χ4n) is 2.49. The lowest BCUT2D eigenvalue weighted by Crippen LogP contribution is -2.35. The Labute approximate surface area is 169 Å². The van der Waals surface area contributed by atoms with E-state index in [4.69, 9.17) is 16.6 Å². The van der Waals surface area contributed by atoms with Crippen molar-refractivity contribution in [3.05, 3.63) is 34.0 Å². The number of thiazole rings is 2. The molecule has 3 heterocycles. The zero-order valence-corrected chi connectivity index (χ0v) is 17.2. The van der Waals surface area contributed by atoms with E-state index in [0.717, 1.165) is 62.5 Å². The summed E-state index contributed by atoms with van der Waals surface area (Å²) in [6.07, 6.45) is 3.09. The molecule has 134 valence electrons. The van der Waals surface area contributed by atoms with Gasteiger partial charge in [0.2, 0.25) is 0 Å².